The Morgan fingerprint density at radius 1 is 1.16 bits per heavy atom. The number of aryl methyl sites for hydroxylation is 2. The molecule has 8 heteroatoms. The molecule has 0 amide bonds. The summed E-state index contributed by atoms with van der Waals surface area (Å²) in [6, 6.07) is 11.8. The molecular formula is C23H25ClN2O4S. The number of sulfonamides is 1. The van der Waals surface area contributed by atoms with Gasteiger partial charge < -0.3 is 9.72 Å². The van der Waals surface area contributed by atoms with Crippen molar-refractivity contribution >= 4 is 32.5 Å². The number of ether oxygens (including phenoxy) is 1. The fourth-order valence-electron chi connectivity index (χ4n) is 3.90. The molecule has 0 saturated carbocycles. The predicted molar refractivity (Wildman–Crippen MR) is 122 cm³/mol. The van der Waals surface area contributed by atoms with E-state index in [2.05, 4.69) is 4.98 Å². The van der Waals surface area contributed by atoms with Crippen LogP contribution in [0.25, 0.3) is 10.9 Å². The van der Waals surface area contributed by atoms with Crippen molar-refractivity contribution in [1.82, 2.24) is 9.29 Å². The average molecular weight is 461 g/mol. The molecule has 0 aliphatic carbocycles. The van der Waals surface area contributed by atoms with Crippen LogP contribution in [0.3, 0.4) is 0 Å². The maximum Gasteiger partial charge on any atom is 0.252 e. The zero-order chi connectivity index (χ0) is 22.2. The highest BCUT2D eigenvalue weighted by Gasteiger charge is 2.30. The Morgan fingerprint density at radius 2 is 1.90 bits per heavy atom. The van der Waals surface area contributed by atoms with E-state index in [1.165, 1.54) is 16.4 Å². The first kappa shape index (κ1) is 22.0. The van der Waals surface area contributed by atoms with E-state index >= 15 is 0 Å². The number of halogens is 1. The van der Waals surface area contributed by atoms with Gasteiger partial charge in [-0.25, -0.2) is 8.42 Å². The van der Waals surface area contributed by atoms with Crippen LogP contribution in [0.2, 0.25) is 5.02 Å². The minimum absolute atomic E-state index is 0.0387. The van der Waals surface area contributed by atoms with Crippen molar-refractivity contribution in [2.45, 2.75) is 44.2 Å². The van der Waals surface area contributed by atoms with Gasteiger partial charge in [-0.05, 0) is 73.5 Å². The van der Waals surface area contributed by atoms with Crippen LogP contribution in [0, 0.1) is 13.8 Å². The maximum atomic E-state index is 13.4. The highest BCUT2D eigenvalue weighted by Crippen LogP contribution is 2.24. The Kier molecular flexibility index (Phi) is 6.21. The average Bonchev–Trinajstić information content (AvgIpc) is 3.25. The number of nitrogens with zero attached hydrogens (tertiary/aromatic N) is 1. The fraction of sp³-hybridized carbons (Fsp3) is 0.348. The summed E-state index contributed by atoms with van der Waals surface area (Å²) in [5.41, 5.74) is 2.98. The molecule has 1 fully saturated rings. The second-order valence-electron chi connectivity index (χ2n) is 7.98. The SMILES string of the molecule is Cc1ccc2cc(CN(CC3CCCO3)S(=O)(=O)c3ccc(Cl)cc3)c(=O)[nH]c2c1C. The monoisotopic (exact) mass is 460 g/mol. The first-order chi connectivity index (χ1) is 14.8. The first-order valence-electron chi connectivity index (χ1n) is 10.2. The van der Waals surface area contributed by atoms with Crippen LogP contribution in [0.1, 0.15) is 29.5 Å². The molecule has 4 rings (SSSR count). The highest BCUT2D eigenvalue weighted by atomic mass is 35.5. The van der Waals surface area contributed by atoms with Crippen molar-refractivity contribution < 1.29 is 13.2 Å². The van der Waals surface area contributed by atoms with Crippen LogP contribution in [0.5, 0.6) is 0 Å². The molecule has 1 atom stereocenters. The number of aromatic nitrogens is 1. The number of fused-ring (bicyclic) bond motifs is 1. The lowest BCUT2D eigenvalue weighted by molar-refractivity contribution is 0.0925. The van der Waals surface area contributed by atoms with Crippen molar-refractivity contribution in [3.05, 3.63) is 74.5 Å². The van der Waals surface area contributed by atoms with Gasteiger partial charge in [0, 0.05) is 30.3 Å². The van der Waals surface area contributed by atoms with Crippen molar-refractivity contribution in [2.24, 2.45) is 0 Å². The van der Waals surface area contributed by atoms with Gasteiger partial charge >= 0.3 is 0 Å². The molecule has 1 aliphatic rings. The number of nitrogens with one attached hydrogen (secondary N) is 1. The van der Waals surface area contributed by atoms with E-state index in [0.717, 1.165) is 34.9 Å². The molecular weight excluding hydrogens is 436 g/mol. The molecule has 2 aromatic carbocycles. The normalized spacial score (nSPS) is 17.0. The van der Waals surface area contributed by atoms with E-state index in [0.29, 0.717) is 17.2 Å². The van der Waals surface area contributed by atoms with Crippen molar-refractivity contribution in [2.75, 3.05) is 13.2 Å². The minimum atomic E-state index is -3.85. The second-order valence-corrected chi connectivity index (χ2v) is 10.4. The van der Waals surface area contributed by atoms with Gasteiger partial charge in [0.05, 0.1) is 16.5 Å². The Labute approximate surface area is 186 Å². The van der Waals surface area contributed by atoms with E-state index in [4.69, 9.17) is 16.3 Å². The van der Waals surface area contributed by atoms with E-state index in [9.17, 15) is 13.2 Å². The Bertz CT molecular complexity index is 1260. The molecule has 6 nitrogen and oxygen atoms in total. The molecule has 31 heavy (non-hydrogen) atoms. The fourth-order valence-corrected chi connectivity index (χ4v) is 5.47. The van der Waals surface area contributed by atoms with Crippen molar-refractivity contribution in [3.63, 3.8) is 0 Å². The molecule has 1 aromatic heterocycles. The van der Waals surface area contributed by atoms with Crippen molar-refractivity contribution in [1.29, 1.82) is 0 Å². The standard InChI is InChI=1S/C23H25ClN2O4S/c1-15-5-6-17-12-18(23(27)25-22(17)16(15)2)13-26(14-20-4-3-11-30-20)31(28,29)21-9-7-19(24)8-10-21/h5-10,12,20H,3-4,11,13-14H2,1-2H3,(H,25,27). The zero-order valence-corrected chi connectivity index (χ0v) is 19.1. The van der Waals surface area contributed by atoms with Gasteiger partial charge in [-0.3, -0.25) is 4.79 Å². The van der Waals surface area contributed by atoms with Gasteiger partial charge in [-0.1, -0.05) is 23.7 Å². The molecule has 1 unspecified atom stereocenters. The molecule has 0 spiro atoms. The van der Waals surface area contributed by atoms with E-state index in [1.807, 2.05) is 26.0 Å². The topological polar surface area (TPSA) is 79.5 Å². The summed E-state index contributed by atoms with van der Waals surface area (Å²) in [6.45, 7) is 4.72. The Hall–Kier alpha value is -2.19. The lowest BCUT2D eigenvalue weighted by atomic mass is 10.0. The highest BCUT2D eigenvalue weighted by molar-refractivity contribution is 7.89. The molecule has 164 valence electrons. The third-order valence-electron chi connectivity index (χ3n) is 5.86. The Morgan fingerprint density at radius 3 is 2.58 bits per heavy atom. The second kappa shape index (κ2) is 8.74. The molecule has 1 saturated heterocycles. The molecule has 3 aromatic rings. The molecule has 0 radical (unpaired) electrons. The van der Waals surface area contributed by atoms with Gasteiger partial charge in [0.1, 0.15) is 0 Å². The van der Waals surface area contributed by atoms with E-state index in [-0.39, 0.29) is 29.6 Å². The predicted octanol–water partition coefficient (Wildman–Crippen LogP) is 4.17. The summed E-state index contributed by atoms with van der Waals surface area (Å²) >= 11 is 5.93. The lowest BCUT2D eigenvalue weighted by Gasteiger charge is -2.25. The van der Waals surface area contributed by atoms with E-state index in [1.54, 1.807) is 18.2 Å². The number of rotatable bonds is 6. The largest absolute Gasteiger partial charge is 0.377 e. The third kappa shape index (κ3) is 4.55. The number of benzene rings is 2. The quantitative estimate of drug-likeness (QED) is 0.598. The summed E-state index contributed by atoms with van der Waals surface area (Å²) in [4.78, 5) is 15.9. The maximum absolute atomic E-state index is 13.4. The zero-order valence-electron chi connectivity index (χ0n) is 17.5. The van der Waals surface area contributed by atoms with Crippen LogP contribution in [0.15, 0.2) is 52.2 Å². The third-order valence-corrected chi connectivity index (χ3v) is 7.94. The van der Waals surface area contributed by atoms with Crippen LogP contribution in [-0.4, -0.2) is 37.0 Å². The van der Waals surface area contributed by atoms with Gasteiger partial charge in [0.25, 0.3) is 5.56 Å². The number of aromatic amines is 1. The van der Waals surface area contributed by atoms with Crippen LogP contribution >= 0.6 is 11.6 Å². The van der Waals surface area contributed by atoms with Crippen LogP contribution in [-0.2, 0) is 21.3 Å². The summed E-state index contributed by atoms with van der Waals surface area (Å²) in [5.74, 6) is 0. The molecule has 2 heterocycles. The Balaban J connectivity index is 1.74. The van der Waals surface area contributed by atoms with E-state index < -0.39 is 10.0 Å². The molecule has 1 aliphatic heterocycles. The summed E-state index contributed by atoms with van der Waals surface area (Å²) in [5, 5.41) is 1.33. The van der Waals surface area contributed by atoms with Gasteiger partial charge in [-0.2, -0.15) is 4.31 Å². The molecule has 0 bridgehead atoms. The van der Waals surface area contributed by atoms with Gasteiger partial charge in [-0.15, -0.1) is 0 Å². The van der Waals surface area contributed by atoms with Crippen LogP contribution < -0.4 is 5.56 Å². The minimum Gasteiger partial charge on any atom is -0.377 e. The summed E-state index contributed by atoms with van der Waals surface area (Å²) < 4.78 is 33.9. The van der Waals surface area contributed by atoms with Crippen LogP contribution in [0.4, 0.5) is 0 Å². The number of pyridine rings is 1. The smallest absolute Gasteiger partial charge is 0.252 e. The lowest BCUT2D eigenvalue weighted by Crippen LogP contribution is -2.38. The number of hydrogen-bond donors (Lipinski definition) is 1. The van der Waals surface area contributed by atoms with Gasteiger partial charge in [0.15, 0.2) is 0 Å². The first-order valence-corrected chi connectivity index (χ1v) is 12.1. The number of H-pyrrole nitrogens is 1. The summed E-state index contributed by atoms with van der Waals surface area (Å²) in [6.07, 6.45) is 1.50. The number of hydrogen-bond acceptors (Lipinski definition) is 4. The van der Waals surface area contributed by atoms with Gasteiger partial charge in [0.2, 0.25) is 10.0 Å². The van der Waals surface area contributed by atoms with Crippen molar-refractivity contribution in [3.8, 4) is 0 Å². The molecule has 1 N–H and O–H groups in total. The summed E-state index contributed by atoms with van der Waals surface area (Å²) in [7, 11) is -3.85.